The minimum Gasteiger partial charge on any atom is -0.444 e. The second-order valence-corrected chi connectivity index (χ2v) is 9.75. The number of hydrogen-bond donors (Lipinski definition) is 1. The van der Waals surface area contributed by atoms with Gasteiger partial charge in [0.25, 0.3) is 5.91 Å². The van der Waals surface area contributed by atoms with Crippen molar-refractivity contribution < 1.29 is 27.9 Å². The van der Waals surface area contributed by atoms with Crippen molar-refractivity contribution in [3.63, 3.8) is 0 Å². The number of hydrogen-bond acceptors (Lipinski definition) is 4. The zero-order valence-electron chi connectivity index (χ0n) is 19.5. The number of rotatable bonds is 4. The van der Waals surface area contributed by atoms with E-state index < -0.39 is 29.2 Å². The van der Waals surface area contributed by atoms with Crippen LogP contribution in [-0.2, 0) is 9.53 Å². The summed E-state index contributed by atoms with van der Waals surface area (Å²) in [5, 5.41) is 2.78. The number of benzene rings is 1. The number of alkyl carbamates (subject to hydrolysis) is 1. The van der Waals surface area contributed by atoms with Gasteiger partial charge >= 0.3 is 6.09 Å². The fourth-order valence-corrected chi connectivity index (χ4v) is 4.42. The molecule has 3 rings (SSSR count). The zero-order chi connectivity index (χ0) is 24.2. The van der Waals surface area contributed by atoms with Gasteiger partial charge in [0.15, 0.2) is 0 Å². The highest BCUT2D eigenvalue weighted by atomic mass is 19.1. The van der Waals surface area contributed by atoms with Gasteiger partial charge in [0.2, 0.25) is 5.91 Å². The fourth-order valence-electron chi connectivity index (χ4n) is 4.42. The molecule has 0 saturated carbocycles. The molecule has 0 aliphatic carbocycles. The smallest absolute Gasteiger partial charge is 0.407 e. The van der Waals surface area contributed by atoms with Crippen molar-refractivity contribution in [1.29, 1.82) is 0 Å². The lowest BCUT2D eigenvalue weighted by Crippen LogP contribution is -2.53. The summed E-state index contributed by atoms with van der Waals surface area (Å²) < 4.78 is 32.4. The van der Waals surface area contributed by atoms with Crippen molar-refractivity contribution in [2.24, 2.45) is 5.92 Å². The monoisotopic (exact) mass is 465 g/mol. The highest BCUT2D eigenvalue weighted by molar-refractivity contribution is 5.94. The van der Waals surface area contributed by atoms with Crippen LogP contribution in [0.4, 0.5) is 13.6 Å². The third kappa shape index (κ3) is 6.65. The van der Waals surface area contributed by atoms with E-state index in [1.165, 1.54) is 4.90 Å². The molecule has 1 aromatic carbocycles. The van der Waals surface area contributed by atoms with Crippen LogP contribution in [0.3, 0.4) is 0 Å². The quantitative estimate of drug-likeness (QED) is 0.735. The maximum Gasteiger partial charge on any atom is 0.407 e. The van der Waals surface area contributed by atoms with Gasteiger partial charge in [-0.1, -0.05) is 0 Å². The molecule has 1 N–H and O–H groups in total. The molecule has 1 atom stereocenters. The third-order valence-corrected chi connectivity index (χ3v) is 6.08. The molecule has 2 fully saturated rings. The number of carbonyl (C=O) groups is 3. The average molecular weight is 466 g/mol. The predicted molar refractivity (Wildman–Crippen MR) is 119 cm³/mol. The third-order valence-electron chi connectivity index (χ3n) is 6.08. The van der Waals surface area contributed by atoms with E-state index in [2.05, 4.69) is 5.32 Å². The van der Waals surface area contributed by atoms with E-state index in [-0.39, 0.29) is 23.4 Å². The van der Waals surface area contributed by atoms with Gasteiger partial charge in [0, 0.05) is 44.2 Å². The van der Waals surface area contributed by atoms with Crippen molar-refractivity contribution in [2.45, 2.75) is 64.5 Å². The Hall–Kier alpha value is -2.71. The molecule has 9 heteroatoms. The van der Waals surface area contributed by atoms with E-state index in [1.807, 2.05) is 4.90 Å². The number of halogens is 2. The summed E-state index contributed by atoms with van der Waals surface area (Å²) in [6.45, 7) is 7.03. The molecule has 2 aliphatic heterocycles. The molecule has 182 valence electrons. The summed E-state index contributed by atoms with van der Waals surface area (Å²) in [6, 6.07) is 2.83. The summed E-state index contributed by atoms with van der Waals surface area (Å²) >= 11 is 0. The SMILES string of the molecule is CC(C)(C)OC(=O)NCC1CCCCN1C(=O)C1CCN(C(=O)c2ccc(F)cc2F)CC1. The number of carbonyl (C=O) groups excluding carboxylic acids is 3. The summed E-state index contributed by atoms with van der Waals surface area (Å²) in [5.41, 5.74) is -0.750. The topological polar surface area (TPSA) is 79.0 Å². The van der Waals surface area contributed by atoms with Crippen LogP contribution in [0.25, 0.3) is 0 Å². The molecular weight excluding hydrogens is 432 g/mol. The van der Waals surface area contributed by atoms with Crippen LogP contribution in [0.2, 0.25) is 0 Å². The molecule has 7 nitrogen and oxygen atoms in total. The van der Waals surface area contributed by atoms with E-state index in [9.17, 15) is 23.2 Å². The second-order valence-electron chi connectivity index (χ2n) is 9.75. The Morgan fingerprint density at radius 1 is 1.06 bits per heavy atom. The van der Waals surface area contributed by atoms with Crippen LogP contribution in [0.5, 0.6) is 0 Å². The van der Waals surface area contributed by atoms with E-state index in [4.69, 9.17) is 4.74 Å². The maximum absolute atomic E-state index is 14.0. The summed E-state index contributed by atoms with van der Waals surface area (Å²) in [4.78, 5) is 41.3. The summed E-state index contributed by atoms with van der Waals surface area (Å²) in [6.07, 6.45) is 3.17. The lowest BCUT2D eigenvalue weighted by Gasteiger charge is -2.40. The van der Waals surface area contributed by atoms with Gasteiger partial charge in [0.05, 0.1) is 5.56 Å². The van der Waals surface area contributed by atoms with Crippen LogP contribution in [0.1, 0.15) is 63.2 Å². The van der Waals surface area contributed by atoms with E-state index >= 15 is 0 Å². The number of likely N-dealkylation sites (tertiary alicyclic amines) is 2. The first kappa shape index (κ1) is 24.9. The van der Waals surface area contributed by atoms with E-state index in [0.717, 1.165) is 31.4 Å². The molecule has 1 aromatic rings. The summed E-state index contributed by atoms with van der Waals surface area (Å²) in [7, 11) is 0. The van der Waals surface area contributed by atoms with Crippen LogP contribution < -0.4 is 5.32 Å². The standard InChI is InChI=1S/C24H33F2N3O4/c1-24(2,3)33-23(32)27-15-18-6-4-5-11-29(18)21(30)16-9-12-28(13-10-16)22(31)19-8-7-17(25)14-20(19)26/h7-8,14,16,18H,4-6,9-13,15H2,1-3H3,(H,27,32). The molecule has 2 saturated heterocycles. The van der Waals surface area contributed by atoms with Crippen LogP contribution >= 0.6 is 0 Å². The molecule has 3 amide bonds. The molecule has 0 aromatic heterocycles. The number of nitrogens with zero attached hydrogens (tertiary/aromatic N) is 2. The molecular formula is C24H33F2N3O4. The minimum absolute atomic E-state index is 0.0331. The van der Waals surface area contributed by atoms with Gasteiger partial charge in [0.1, 0.15) is 17.2 Å². The van der Waals surface area contributed by atoms with Crippen molar-refractivity contribution in [2.75, 3.05) is 26.2 Å². The summed E-state index contributed by atoms with van der Waals surface area (Å²) in [5.74, 6) is -2.30. The molecule has 0 radical (unpaired) electrons. The lowest BCUT2D eigenvalue weighted by molar-refractivity contribution is -0.140. The fraction of sp³-hybridized carbons (Fsp3) is 0.625. The first-order valence-corrected chi connectivity index (χ1v) is 11.6. The Balaban J connectivity index is 1.55. The largest absolute Gasteiger partial charge is 0.444 e. The normalized spacial score (nSPS) is 19.8. The van der Waals surface area contributed by atoms with Gasteiger partial charge in [-0.15, -0.1) is 0 Å². The Kier molecular flexibility index (Phi) is 7.92. The Labute approximate surface area is 193 Å². The highest BCUT2D eigenvalue weighted by Gasteiger charge is 2.35. The van der Waals surface area contributed by atoms with Gasteiger partial charge in [-0.2, -0.15) is 0 Å². The highest BCUT2D eigenvalue weighted by Crippen LogP contribution is 2.26. The van der Waals surface area contributed by atoms with E-state index in [1.54, 1.807) is 20.8 Å². The number of ether oxygens (including phenoxy) is 1. The lowest BCUT2D eigenvalue weighted by atomic mass is 9.92. The van der Waals surface area contributed by atoms with Crippen LogP contribution in [-0.4, -0.2) is 65.5 Å². The van der Waals surface area contributed by atoms with Crippen LogP contribution in [0.15, 0.2) is 18.2 Å². The van der Waals surface area contributed by atoms with Gasteiger partial charge in [-0.3, -0.25) is 9.59 Å². The average Bonchev–Trinajstić information content (AvgIpc) is 2.76. The number of nitrogens with one attached hydrogen (secondary N) is 1. The van der Waals surface area contributed by atoms with Crippen molar-refractivity contribution >= 4 is 17.9 Å². The zero-order valence-corrected chi connectivity index (χ0v) is 19.5. The van der Waals surface area contributed by atoms with Crippen molar-refractivity contribution in [3.05, 3.63) is 35.4 Å². The Bertz CT molecular complexity index is 879. The molecule has 2 heterocycles. The van der Waals surface area contributed by atoms with E-state index in [0.29, 0.717) is 45.1 Å². The Morgan fingerprint density at radius 3 is 2.39 bits per heavy atom. The molecule has 2 aliphatic rings. The maximum atomic E-state index is 14.0. The minimum atomic E-state index is -0.883. The number of amides is 3. The molecule has 0 bridgehead atoms. The molecule has 33 heavy (non-hydrogen) atoms. The first-order chi connectivity index (χ1) is 15.5. The van der Waals surface area contributed by atoms with Crippen molar-refractivity contribution in [3.8, 4) is 0 Å². The molecule has 0 spiro atoms. The Morgan fingerprint density at radius 2 is 1.76 bits per heavy atom. The van der Waals surface area contributed by atoms with Crippen molar-refractivity contribution in [1.82, 2.24) is 15.1 Å². The first-order valence-electron chi connectivity index (χ1n) is 11.6. The number of piperidine rings is 2. The second kappa shape index (κ2) is 10.5. The molecule has 1 unspecified atom stereocenters. The van der Waals surface area contributed by atoms with Crippen LogP contribution in [0, 0.1) is 17.6 Å². The van der Waals surface area contributed by atoms with Gasteiger partial charge in [-0.25, -0.2) is 13.6 Å². The predicted octanol–water partition coefficient (Wildman–Crippen LogP) is 3.72. The van der Waals surface area contributed by atoms with Gasteiger partial charge < -0.3 is 19.9 Å². The van der Waals surface area contributed by atoms with Gasteiger partial charge in [-0.05, 0) is 65.0 Å².